The van der Waals surface area contributed by atoms with Crippen molar-refractivity contribution >= 4 is 33.7 Å². The molecule has 7 nitrogen and oxygen atoms in total. The van der Waals surface area contributed by atoms with E-state index in [-0.39, 0.29) is 0 Å². The smallest absolute Gasteiger partial charge is 0.322 e. The van der Waals surface area contributed by atoms with E-state index < -0.39 is 22.2 Å². The molecule has 0 radical (unpaired) electrons. The summed E-state index contributed by atoms with van der Waals surface area (Å²) >= 11 is 1.09. The molecule has 4 rings (SSSR count). The summed E-state index contributed by atoms with van der Waals surface area (Å²) in [5.74, 6) is 0.440. The van der Waals surface area contributed by atoms with Gasteiger partial charge in [0.1, 0.15) is 10.6 Å². The molecule has 0 aromatic carbocycles. The number of pyridine rings is 1. The fourth-order valence-corrected chi connectivity index (χ4v) is 5.33. The van der Waals surface area contributed by atoms with Crippen LogP contribution in [0.3, 0.4) is 0 Å². The second kappa shape index (κ2) is 7.20. The number of carbonyl (C=O) groups is 1. The topological polar surface area (TPSA) is 105 Å². The molecule has 0 unspecified atom stereocenters. The Morgan fingerprint density at radius 3 is 2.79 bits per heavy atom. The zero-order valence-corrected chi connectivity index (χ0v) is 17.7. The number of aromatic nitrogens is 2. The fraction of sp³-hybridized carbons (Fsp3) is 0.526. The number of carbonyl (C=O) groups excluding carboxylic acids is 1. The van der Waals surface area contributed by atoms with Crippen LogP contribution in [0.15, 0.2) is 14.8 Å². The van der Waals surface area contributed by atoms with Crippen molar-refractivity contribution in [1.82, 2.24) is 9.97 Å². The number of nitrogens with zero attached hydrogens (tertiary/aromatic N) is 3. The third-order valence-corrected chi connectivity index (χ3v) is 7.58. The Balaban J connectivity index is 1.62. The molecule has 0 atom stereocenters. The van der Waals surface area contributed by atoms with Crippen molar-refractivity contribution in [2.24, 2.45) is 4.36 Å². The second-order valence-corrected chi connectivity index (χ2v) is 10.3. The number of thiazole rings is 1. The molecule has 1 saturated carbocycles. The Kier molecular flexibility index (Phi) is 5.01. The van der Waals surface area contributed by atoms with Crippen LogP contribution in [0.1, 0.15) is 66.6 Å². The maximum atomic E-state index is 12.5. The van der Waals surface area contributed by atoms with Gasteiger partial charge in [0.2, 0.25) is 0 Å². The van der Waals surface area contributed by atoms with E-state index >= 15 is 0 Å². The van der Waals surface area contributed by atoms with Crippen LogP contribution in [0.5, 0.6) is 0 Å². The van der Waals surface area contributed by atoms with Gasteiger partial charge in [0.25, 0.3) is 0 Å². The van der Waals surface area contributed by atoms with Crippen LogP contribution in [0.25, 0.3) is 0 Å². The summed E-state index contributed by atoms with van der Waals surface area (Å²) in [6.45, 7) is 5.20. The first-order valence-corrected chi connectivity index (χ1v) is 11.3. The SMILES string of the molecule is Cc1nc2c(c(NC(=O)N=[S-](=O)c3cnc(C(C)(C)O)s3)c1C1CC1)CCC2. The zero-order valence-electron chi connectivity index (χ0n) is 16.1. The molecule has 2 aliphatic rings. The van der Waals surface area contributed by atoms with E-state index in [9.17, 15) is 14.1 Å². The summed E-state index contributed by atoms with van der Waals surface area (Å²) in [5.41, 5.74) is 3.94. The summed E-state index contributed by atoms with van der Waals surface area (Å²) in [6.07, 6.45) is 6.46. The Labute approximate surface area is 169 Å². The highest BCUT2D eigenvalue weighted by Gasteiger charge is 2.32. The van der Waals surface area contributed by atoms with E-state index in [0.29, 0.717) is 15.1 Å². The predicted molar refractivity (Wildman–Crippen MR) is 108 cm³/mol. The van der Waals surface area contributed by atoms with E-state index in [1.54, 1.807) is 13.8 Å². The lowest BCUT2D eigenvalue weighted by Gasteiger charge is -2.17. The number of amides is 2. The minimum absolute atomic E-state index is 0.339. The molecule has 2 aliphatic carbocycles. The summed E-state index contributed by atoms with van der Waals surface area (Å²) in [5, 5.41) is 13.3. The Morgan fingerprint density at radius 2 is 2.14 bits per heavy atom. The van der Waals surface area contributed by atoms with Crippen molar-refractivity contribution in [1.29, 1.82) is 0 Å². The van der Waals surface area contributed by atoms with Gasteiger partial charge in [0.05, 0.1) is 5.69 Å². The maximum Gasteiger partial charge on any atom is 0.322 e. The van der Waals surface area contributed by atoms with Crippen molar-refractivity contribution in [3.8, 4) is 0 Å². The van der Waals surface area contributed by atoms with Crippen LogP contribution in [-0.2, 0) is 33.2 Å². The maximum absolute atomic E-state index is 12.5. The van der Waals surface area contributed by atoms with Gasteiger partial charge >= 0.3 is 6.03 Å². The quantitative estimate of drug-likeness (QED) is 0.724. The molecule has 28 heavy (non-hydrogen) atoms. The summed E-state index contributed by atoms with van der Waals surface area (Å²) in [7, 11) is -1.86. The molecule has 9 heteroatoms. The fourth-order valence-electron chi connectivity index (χ4n) is 3.61. The third-order valence-electron chi connectivity index (χ3n) is 5.02. The predicted octanol–water partition coefficient (Wildman–Crippen LogP) is 4.18. The minimum Gasteiger partial charge on any atom is -0.439 e. The van der Waals surface area contributed by atoms with Gasteiger partial charge in [-0.1, -0.05) is 0 Å². The van der Waals surface area contributed by atoms with Crippen LogP contribution < -0.4 is 5.32 Å². The molecule has 1 fully saturated rings. The lowest BCUT2D eigenvalue weighted by molar-refractivity contribution is 0.0783. The van der Waals surface area contributed by atoms with Crippen molar-refractivity contribution in [3.63, 3.8) is 0 Å². The monoisotopic (exact) mass is 419 g/mol. The van der Waals surface area contributed by atoms with E-state index in [1.165, 1.54) is 6.20 Å². The van der Waals surface area contributed by atoms with Crippen LogP contribution in [-0.4, -0.2) is 21.1 Å². The Morgan fingerprint density at radius 1 is 1.39 bits per heavy atom. The highest BCUT2D eigenvalue weighted by Crippen LogP contribution is 2.47. The number of fused-ring (bicyclic) bond motifs is 1. The van der Waals surface area contributed by atoms with Crippen molar-refractivity contribution < 1.29 is 14.1 Å². The molecular weight excluding hydrogens is 396 g/mol. The molecule has 2 aromatic heterocycles. The number of hydrogen-bond donors (Lipinski definition) is 2. The summed E-state index contributed by atoms with van der Waals surface area (Å²) in [6, 6.07) is -0.627. The largest absolute Gasteiger partial charge is 0.439 e. The first-order valence-electron chi connectivity index (χ1n) is 9.39. The molecule has 2 heterocycles. The van der Waals surface area contributed by atoms with Gasteiger partial charge in [0, 0.05) is 23.1 Å². The van der Waals surface area contributed by atoms with Gasteiger partial charge in [-0.15, -0.1) is 21.9 Å². The summed E-state index contributed by atoms with van der Waals surface area (Å²) in [4.78, 5) is 21.4. The molecule has 0 spiro atoms. The number of aliphatic hydroxyl groups is 1. The molecule has 2 aromatic rings. The van der Waals surface area contributed by atoms with Crippen LogP contribution >= 0.6 is 11.3 Å². The van der Waals surface area contributed by atoms with Gasteiger partial charge in [0.15, 0.2) is 0 Å². The zero-order chi connectivity index (χ0) is 20.1. The van der Waals surface area contributed by atoms with Gasteiger partial charge in [-0.2, -0.15) is 0 Å². The highest BCUT2D eigenvalue weighted by molar-refractivity contribution is 7.78. The number of anilines is 1. The highest BCUT2D eigenvalue weighted by atomic mass is 32.2. The van der Waals surface area contributed by atoms with Crippen LogP contribution in [0.4, 0.5) is 10.5 Å². The first-order chi connectivity index (χ1) is 13.2. The average Bonchev–Trinajstić information content (AvgIpc) is 3.11. The van der Waals surface area contributed by atoms with E-state index in [2.05, 4.69) is 14.7 Å². The van der Waals surface area contributed by atoms with Gasteiger partial charge in [-0.3, -0.25) is 4.98 Å². The normalized spacial score (nSPS) is 17.6. The van der Waals surface area contributed by atoms with Gasteiger partial charge in [-0.25, -0.2) is 9.78 Å². The van der Waals surface area contributed by atoms with E-state index in [4.69, 9.17) is 4.98 Å². The summed E-state index contributed by atoms with van der Waals surface area (Å²) < 4.78 is 16.6. The lowest BCUT2D eigenvalue weighted by Crippen LogP contribution is -2.14. The van der Waals surface area contributed by atoms with Crippen LogP contribution in [0.2, 0.25) is 0 Å². The molecule has 0 bridgehead atoms. The molecule has 0 aliphatic heterocycles. The molecular formula is C19H23N4O3S2-. The number of urea groups is 1. The van der Waals surface area contributed by atoms with Crippen molar-refractivity contribution in [3.05, 3.63) is 33.7 Å². The molecule has 0 saturated heterocycles. The van der Waals surface area contributed by atoms with Gasteiger partial charge in [-0.05, 0) is 68.6 Å². The number of aryl methyl sites for hydroxylation is 2. The van der Waals surface area contributed by atoms with Gasteiger partial charge < -0.3 is 19.0 Å². The van der Waals surface area contributed by atoms with E-state index in [0.717, 1.165) is 71.6 Å². The number of rotatable bonds is 4. The second-order valence-electron chi connectivity index (χ2n) is 7.85. The number of hydrogen-bond acceptors (Lipinski definition) is 7. The standard InChI is InChI=1S/C19H23N4O3S2/c1-10-15(11-7-8-11)16(12-5-4-6-13(12)21-10)22-18(24)23-28(26)14-9-20-17(27-14)19(2,3)25/h9,11,25H,4-8H2,1-3H3,(H,21,22,24)/q-1. The Hall–Kier alpha value is -1.84. The lowest BCUT2D eigenvalue weighted by atomic mass is 10.0. The van der Waals surface area contributed by atoms with Crippen molar-refractivity contribution in [2.75, 3.05) is 5.32 Å². The first kappa shape index (κ1) is 19.5. The third kappa shape index (κ3) is 3.83. The molecule has 2 amide bonds. The Bertz CT molecular complexity index is 1030. The molecule has 2 N–H and O–H groups in total. The molecule has 150 valence electrons. The average molecular weight is 420 g/mol. The van der Waals surface area contributed by atoms with Crippen molar-refractivity contribution in [2.45, 2.75) is 68.6 Å². The van der Waals surface area contributed by atoms with E-state index in [1.807, 2.05) is 6.92 Å². The van der Waals surface area contributed by atoms with Crippen LogP contribution in [0, 0.1) is 6.92 Å². The minimum atomic E-state index is -1.86. The number of nitrogens with one attached hydrogen (secondary N) is 1.